The zero-order valence-corrected chi connectivity index (χ0v) is 4.57. The summed E-state index contributed by atoms with van der Waals surface area (Å²) in [6.45, 7) is 0. The third kappa shape index (κ3) is 4.40. The van der Waals surface area contributed by atoms with Crippen molar-refractivity contribution in [2.24, 2.45) is 0 Å². The van der Waals surface area contributed by atoms with Crippen LogP contribution < -0.4 is 0 Å². The Morgan fingerprint density at radius 2 is 1.50 bits per heavy atom. The van der Waals surface area contributed by atoms with Crippen molar-refractivity contribution >= 4 is 19.2 Å². The van der Waals surface area contributed by atoms with E-state index in [2.05, 4.69) is 11.8 Å². The third-order valence-corrected chi connectivity index (χ3v) is 1.23. The van der Waals surface area contributed by atoms with Gasteiger partial charge in [-0.15, -0.1) is 0 Å². The lowest BCUT2D eigenvalue weighted by atomic mass is 11.3. The van der Waals surface area contributed by atoms with E-state index in [0.717, 1.165) is 0 Å². The summed E-state index contributed by atoms with van der Waals surface area (Å²) < 4.78 is 0. The molecule has 0 saturated carbocycles. The van der Waals surface area contributed by atoms with Crippen LogP contribution >= 0.6 is 7.36 Å². The summed E-state index contributed by atoms with van der Waals surface area (Å²) in [6, 6.07) is 0. The van der Waals surface area contributed by atoms with E-state index in [1.807, 2.05) is 0 Å². The lowest BCUT2D eigenvalue weighted by Gasteiger charge is -1.92. The number of rotatable bonds is 1. The molecule has 0 amide bonds. The van der Waals surface area contributed by atoms with Crippen LogP contribution in [-0.4, -0.2) is 21.0 Å². The molecule has 0 radical (unpaired) electrons. The van der Waals surface area contributed by atoms with E-state index in [1.54, 1.807) is 0 Å². The van der Waals surface area contributed by atoms with Crippen molar-refractivity contribution in [2.45, 2.75) is 5.71 Å². The van der Waals surface area contributed by atoms with Crippen molar-refractivity contribution < 1.29 is 15.3 Å². The molecule has 1 atom stereocenters. The quantitative estimate of drug-likeness (QED) is 0.303. The Labute approximate surface area is 41.1 Å². The molecule has 0 aliphatic rings. The van der Waals surface area contributed by atoms with Crippen molar-refractivity contribution in [2.75, 3.05) is 0 Å². The van der Waals surface area contributed by atoms with Crippen molar-refractivity contribution in [3.63, 3.8) is 0 Å². The normalized spacial score (nSPS) is 12.5. The second-order valence-corrected chi connectivity index (χ2v) is 2.22. The fourth-order valence-corrected chi connectivity index (χ4v) is 0. The fourth-order valence-electron chi connectivity index (χ4n) is 0. The highest BCUT2D eigenvalue weighted by Crippen LogP contribution is 2.08. The fraction of sp³-hybridized carbons (Fsp3) is 1.00. The van der Waals surface area contributed by atoms with E-state index in [-0.39, 0.29) is 0 Å². The second-order valence-electron chi connectivity index (χ2n) is 0.737. The van der Waals surface area contributed by atoms with Gasteiger partial charge in [0.05, 0.1) is 0 Å². The summed E-state index contributed by atoms with van der Waals surface area (Å²) in [5.74, 6) is 0. The molecule has 36 valence electrons. The second kappa shape index (κ2) is 1.91. The highest BCUT2D eigenvalue weighted by molar-refractivity contribution is 7.96. The number of aliphatic hydroxyl groups is 3. The van der Waals surface area contributed by atoms with Crippen LogP contribution in [0.15, 0.2) is 0 Å². The molecule has 3 N–H and O–H groups in total. The average Bonchev–Trinajstić information content (AvgIpc) is 1.35. The molecule has 0 aromatic carbocycles. The molecule has 0 aliphatic carbocycles. The summed E-state index contributed by atoms with van der Waals surface area (Å²) >= 11 is 4.07. The van der Waals surface area contributed by atoms with Crippen LogP contribution in [0.2, 0.25) is 0 Å². The lowest BCUT2D eigenvalue weighted by Crippen LogP contribution is -2.16. The van der Waals surface area contributed by atoms with Crippen molar-refractivity contribution in [3.8, 4) is 0 Å². The zero-order chi connectivity index (χ0) is 5.21. The highest BCUT2D eigenvalue weighted by Gasteiger charge is 2.23. The topological polar surface area (TPSA) is 60.7 Å². The average molecular weight is 127 g/mol. The Hall–Kier alpha value is 0.400. The molecular weight excluding hydrogens is 123 g/mol. The van der Waals surface area contributed by atoms with E-state index in [1.165, 1.54) is 0 Å². The van der Waals surface area contributed by atoms with Gasteiger partial charge < -0.3 is 15.3 Å². The van der Waals surface area contributed by atoms with E-state index < -0.39 is 13.1 Å². The van der Waals surface area contributed by atoms with Gasteiger partial charge in [0.2, 0.25) is 0 Å². The van der Waals surface area contributed by atoms with Crippen LogP contribution in [0, 0.1) is 0 Å². The first-order valence-corrected chi connectivity index (χ1v) is 3.26. The van der Waals surface area contributed by atoms with Gasteiger partial charge in [-0.25, -0.2) is 0 Å². The Morgan fingerprint density at radius 1 is 1.33 bits per heavy atom. The first kappa shape index (κ1) is 6.40. The van der Waals surface area contributed by atoms with Crippen molar-refractivity contribution in [1.29, 1.82) is 0 Å². The monoisotopic (exact) mass is 127 g/mol. The largest absolute Gasteiger partial charge is 0.460 e. The maximum atomic E-state index is 7.85. The molecule has 0 saturated heterocycles. The molecule has 6 heavy (non-hydrogen) atoms. The smallest absolute Gasteiger partial charge is 0.304 e. The summed E-state index contributed by atoms with van der Waals surface area (Å²) in [5.41, 5.74) is -2.62. The predicted octanol–water partition coefficient (Wildman–Crippen LogP) is -1.29. The van der Waals surface area contributed by atoms with Gasteiger partial charge in [0.1, 0.15) is 0 Å². The third-order valence-electron chi connectivity index (χ3n) is 0.137. The molecule has 0 aromatic heterocycles. The summed E-state index contributed by atoms with van der Waals surface area (Å²) in [6.07, 6.45) is 0. The Morgan fingerprint density at radius 3 is 1.50 bits per heavy atom. The van der Waals surface area contributed by atoms with E-state index in [9.17, 15) is 0 Å². The summed E-state index contributed by atoms with van der Waals surface area (Å²) in [7, 11) is -0.683. The van der Waals surface area contributed by atoms with Crippen LogP contribution in [0.4, 0.5) is 0 Å². The van der Waals surface area contributed by atoms with Crippen molar-refractivity contribution in [3.05, 3.63) is 0 Å². The van der Waals surface area contributed by atoms with Gasteiger partial charge in [0.25, 0.3) is 7.36 Å². The minimum absolute atomic E-state index is 0.683. The number of hydrogen-bond acceptors (Lipinski definition) is 4. The molecule has 0 spiro atoms. The van der Waals surface area contributed by atoms with Gasteiger partial charge in [0, 0.05) is 0 Å². The van der Waals surface area contributed by atoms with E-state index >= 15 is 0 Å². The Bertz CT molecular complexity index is 56.3. The maximum absolute atomic E-state index is 7.85. The minimum Gasteiger partial charge on any atom is -0.304 e. The van der Waals surface area contributed by atoms with E-state index in [0.29, 0.717) is 0 Å². The SMILES string of the molecule is OC(O)(O)[PH+]=S. The molecule has 0 fully saturated rings. The molecule has 1 unspecified atom stereocenters. The standard InChI is InChI=1S/CH3O3PS/c2-1(3,4)5-6/h2-4H/p+1. The highest BCUT2D eigenvalue weighted by atomic mass is 32.4. The minimum atomic E-state index is -2.62. The Balaban J connectivity index is 3.45. The molecule has 0 bridgehead atoms. The molecule has 0 aromatic rings. The van der Waals surface area contributed by atoms with Crippen LogP contribution in [0.5, 0.6) is 0 Å². The first-order chi connectivity index (χ1) is 2.56. The van der Waals surface area contributed by atoms with Crippen LogP contribution in [0.25, 0.3) is 0 Å². The van der Waals surface area contributed by atoms with Crippen LogP contribution in [-0.2, 0) is 11.8 Å². The van der Waals surface area contributed by atoms with Gasteiger partial charge in [-0.05, 0) is 0 Å². The molecule has 0 rings (SSSR count). The van der Waals surface area contributed by atoms with E-state index in [4.69, 9.17) is 15.3 Å². The van der Waals surface area contributed by atoms with Crippen LogP contribution in [0.3, 0.4) is 0 Å². The zero-order valence-electron chi connectivity index (χ0n) is 2.75. The molecule has 5 heteroatoms. The van der Waals surface area contributed by atoms with Gasteiger partial charge in [-0.1, -0.05) is 0 Å². The summed E-state index contributed by atoms with van der Waals surface area (Å²) in [5, 5.41) is 23.5. The molecule has 3 nitrogen and oxygen atoms in total. The Kier molecular flexibility index (Phi) is 2.04. The van der Waals surface area contributed by atoms with Gasteiger partial charge in [0.15, 0.2) is 11.8 Å². The maximum Gasteiger partial charge on any atom is 0.460 e. The van der Waals surface area contributed by atoms with Crippen molar-refractivity contribution in [1.82, 2.24) is 0 Å². The first-order valence-electron chi connectivity index (χ1n) is 1.12. The van der Waals surface area contributed by atoms with Crippen LogP contribution in [0.1, 0.15) is 0 Å². The summed E-state index contributed by atoms with van der Waals surface area (Å²) in [4.78, 5) is 0. The predicted molar refractivity (Wildman–Crippen MR) is 25.1 cm³/mol. The van der Waals surface area contributed by atoms with Gasteiger partial charge in [-0.3, -0.25) is 0 Å². The molecule has 0 aliphatic heterocycles. The molecule has 0 heterocycles. The van der Waals surface area contributed by atoms with Gasteiger partial charge >= 0.3 is 5.71 Å². The molecular formula is CH4O3PS+. The lowest BCUT2D eigenvalue weighted by molar-refractivity contribution is -0.236. The number of hydrogen-bond donors (Lipinski definition) is 3. The van der Waals surface area contributed by atoms with Gasteiger partial charge in [-0.2, -0.15) is 0 Å².